The highest BCUT2D eigenvalue weighted by Gasteiger charge is 2.19. The van der Waals surface area contributed by atoms with Gasteiger partial charge in [-0.1, -0.05) is 43.8 Å². The molecule has 152 valence electrons. The van der Waals surface area contributed by atoms with Crippen molar-refractivity contribution in [3.05, 3.63) is 56.5 Å². The number of nitrogens with one attached hydrogen (secondary N) is 1. The Bertz CT molecular complexity index is 1210. The van der Waals surface area contributed by atoms with Crippen LogP contribution < -0.4 is 16.6 Å². The summed E-state index contributed by atoms with van der Waals surface area (Å²) in [6, 6.07) is 7.51. The van der Waals surface area contributed by atoms with Crippen LogP contribution in [0.3, 0.4) is 0 Å². The number of benzene rings is 1. The summed E-state index contributed by atoms with van der Waals surface area (Å²) >= 11 is 1.16. The van der Waals surface area contributed by atoms with Gasteiger partial charge in [0, 0.05) is 25.7 Å². The number of aryl methyl sites for hydroxylation is 2. The van der Waals surface area contributed by atoms with Crippen LogP contribution in [0.15, 0.2) is 38.9 Å². The Kier molecular flexibility index (Phi) is 5.88. The lowest BCUT2D eigenvalue weighted by atomic mass is 10.2. The van der Waals surface area contributed by atoms with Crippen LogP contribution in [0.25, 0.3) is 11.0 Å². The number of thioether (sulfide) groups is 1. The first-order valence-electron chi connectivity index (χ1n) is 9.16. The summed E-state index contributed by atoms with van der Waals surface area (Å²) in [5.74, 6) is 0.384. The maximum atomic E-state index is 12.7. The first-order valence-corrected chi connectivity index (χ1v) is 10.1. The van der Waals surface area contributed by atoms with Crippen molar-refractivity contribution in [1.82, 2.24) is 19.1 Å². The maximum Gasteiger partial charge on any atom is 0.332 e. The highest BCUT2D eigenvalue weighted by Crippen LogP contribution is 2.25. The average molecular weight is 414 g/mol. The lowest BCUT2D eigenvalue weighted by molar-refractivity contribution is -0.113. The highest BCUT2D eigenvalue weighted by molar-refractivity contribution is 8.00. The second-order valence-electron chi connectivity index (χ2n) is 7.10. The molecule has 2 heterocycles. The number of amides is 1. The third kappa shape index (κ3) is 4.09. The van der Waals surface area contributed by atoms with Crippen LogP contribution in [0.2, 0.25) is 0 Å². The third-order valence-electron chi connectivity index (χ3n) is 4.56. The number of hydrogen-bond donors (Lipinski definition) is 1. The van der Waals surface area contributed by atoms with Crippen LogP contribution in [0.1, 0.15) is 31.2 Å². The minimum atomic E-state index is -0.472. The van der Waals surface area contributed by atoms with Crippen LogP contribution in [0.4, 0.5) is 5.69 Å². The number of hydrogen-bond acceptors (Lipinski definition) is 6. The van der Waals surface area contributed by atoms with Gasteiger partial charge in [0.1, 0.15) is 16.2 Å². The standard InChI is InChI=1S/C20H23N5O3S/c1-11(2)16-22-17-15(19(27)25(5)20(28)24(17)4)18(23-16)29-10-14(26)21-13-9-7-6-8-12(13)3/h6-9,11H,10H2,1-5H3,(H,21,26). The summed E-state index contributed by atoms with van der Waals surface area (Å²) < 4.78 is 2.36. The summed E-state index contributed by atoms with van der Waals surface area (Å²) in [5, 5.41) is 3.51. The Morgan fingerprint density at radius 2 is 1.83 bits per heavy atom. The molecule has 0 bridgehead atoms. The van der Waals surface area contributed by atoms with Gasteiger partial charge in [-0.05, 0) is 18.6 Å². The van der Waals surface area contributed by atoms with Gasteiger partial charge in [0.2, 0.25) is 5.91 Å². The van der Waals surface area contributed by atoms with Crippen molar-refractivity contribution in [3.63, 3.8) is 0 Å². The van der Waals surface area contributed by atoms with Crippen LogP contribution in [0, 0.1) is 6.92 Å². The lowest BCUT2D eigenvalue weighted by Crippen LogP contribution is -2.38. The molecule has 0 spiro atoms. The number of anilines is 1. The first kappa shape index (κ1) is 20.8. The molecule has 3 rings (SSSR count). The van der Waals surface area contributed by atoms with E-state index in [1.807, 2.05) is 45.0 Å². The Balaban J connectivity index is 2.00. The molecule has 1 N–H and O–H groups in total. The molecule has 0 radical (unpaired) electrons. The number of rotatable bonds is 5. The molecule has 0 unspecified atom stereocenters. The zero-order valence-corrected chi connectivity index (χ0v) is 17.8. The quantitative estimate of drug-likeness (QED) is 0.509. The molecule has 1 amide bonds. The molecule has 0 fully saturated rings. The predicted octanol–water partition coefficient (Wildman–Crippen LogP) is 2.19. The molecule has 0 saturated carbocycles. The van der Waals surface area contributed by atoms with Crippen LogP contribution >= 0.6 is 11.8 Å². The van der Waals surface area contributed by atoms with Crippen molar-refractivity contribution in [1.29, 1.82) is 0 Å². The van der Waals surface area contributed by atoms with Crippen molar-refractivity contribution < 1.29 is 4.79 Å². The van der Waals surface area contributed by atoms with Crippen molar-refractivity contribution in [2.45, 2.75) is 31.7 Å². The number of aromatic nitrogens is 4. The van der Waals surface area contributed by atoms with Gasteiger partial charge in [0.25, 0.3) is 5.56 Å². The second-order valence-corrected chi connectivity index (χ2v) is 8.06. The third-order valence-corrected chi connectivity index (χ3v) is 5.53. The molecule has 0 aliphatic heterocycles. The number of para-hydroxylation sites is 1. The molecular weight excluding hydrogens is 390 g/mol. The molecule has 0 saturated heterocycles. The summed E-state index contributed by atoms with van der Waals surface area (Å²) in [6.07, 6.45) is 0. The fourth-order valence-electron chi connectivity index (χ4n) is 2.84. The van der Waals surface area contributed by atoms with E-state index in [-0.39, 0.29) is 28.6 Å². The molecule has 1 aromatic carbocycles. The zero-order valence-electron chi connectivity index (χ0n) is 17.0. The number of carbonyl (C=O) groups is 1. The molecular formula is C20H23N5O3S. The van der Waals surface area contributed by atoms with Gasteiger partial charge in [-0.25, -0.2) is 14.8 Å². The fourth-order valence-corrected chi connectivity index (χ4v) is 3.66. The van der Waals surface area contributed by atoms with E-state index in [0.717, 1.165) is 27.6 Å². The van der Waals surface area contributed by atoms with Gasteiger partial charge >= 0.3 is 5.69 Å². The summed E-state index contributed by atoms with van der Waals surface area (Å²) in [7, 11) is 2.99. The summed E-state index contributed by atoms with van der Waals surface area (Å²) in [6.45, 7) is 5.78. The average Bonchev–Trinajstić information content (AvgIpc) is 2.70. The number of fused-ring (bicyclic) bond motifs is 1. The molecule has 3 aromatic rings. The largest absolute Gasteiger partial charge is 0.332 e. The first-order chi connectivity index (χ1) is 13.7. The number of nitrogens with zero attached hydrogens (tertiary/aromatic N) is 4. The van der Waals surface area contributed by atoms with Gasteiger partial charge in [-0.3, -0.25) is 18.7 Å². The second kappa shape index (κ2) is 8.20. The van der Waals surface area contributed by atoms with Gasteiger partial charge in [-0.2, -0.15) is 0 Å². The Hall–Kier alpha value is -2.94. The normalized spacial score (nSPS) is 11.2. The van der Waals surface area contributed by atoms with Crippen molar-refractivity contribution in [2.24, 2.45) is 14.1 Å². The van der Waals surface area contributed by atoms with E-state index in [2.05, 4.69) is 15.3 Å². The minimum Gasteiger partial charge on any atom is -0.325 e. The Morgan fingerprint density at radius 3 is 2.48 bits per heavy atom. The van der Waals surface area contributed by atoms with E-state index in [4.69, 9.17) is 0 Å². The summed E-state index contributed by atoms with van der Waals surface area (Å²) in [4.78, 5) is 46.4. The number of carbonyl (C=O) groups excluding carboxylic acids is 1. The monoisotopic (exact) mass is 413 g/mol. The van der Waals surface area contributed by atoms with E-state index in [9.17, 15) is 14.4 Å². The molecule has 29 heavy (non-hydrogen) atoms. The fraction of sp³-hybridized carbons (Fsp3) is 0.350. The van der Waals surface area contributed by atoms with E-state index >= 15 is 0 Å². The van der Waals surface area contributed by atoms with Crippen LogP contribution in [0.5, 0.6) is 0 Å². The predicted molar refractivity (Wildman–Crippen MR) is 115 cm³/mol. The smallest absolute Gasteiger partial charge is 0.325 e. The van der Waals surface area contributed by atoms with Gasteiger partial charge in [-0.15, -0.1) is 0 Å². The van der Waals surface area contributed by atoms with Crippen molar-refractivity contribution >= 4 is 34.4 Å². The van der Waals surface area contributed by atoms with Crippen LogP contribution in [-0.4, -0.2) is 30.8 Å². The Labute approximate surface area is 172 Å². The minimum absolute atomic E-state index is 0.00120. The zero-order chi connectivity index (χ0) is 21.3. The van der Waals surface area contributed by atoms with E-state index in [0.29, 0.717) is 10.9 Å². The molecule has 8 nitrogen and oxygen atoms in total. The van der Waals surface area contributed by atoms with E-state index < -0.39 is 11.2 Å². The van der Waals surface area contributed by atoms with Gasteiger partial charge < -0.3 is 5.32 Å². The molecule has 0 aliphatic carbocycles. The van der Waals surface area contributed by atoms with Crippen molar-refractivity contribution in [3.8, 4) is 0 Å². The molecule has 0 aliphatic rings. The summed E-state index contributed by atoms with van der Waals surface area (Å²) in [5.41, 5.74) is 1.05. The molecule has 9 heteroatoms. The molecule has 0 atom stereocenters. The van der Waals surface area contributed by atoms with E-state index in [1.54, 1.807) is 7.05 Å². The maximum absolute atomic E-state index is 12.7. The molecule has 2 aromatic heterocycles. The SMILES string of the molecule is Cc1ccccc1NC(=O)CSc1nc(C(C)C)nc2c1c(=O)n(C)c(=O)n2C. The topological polar surface area (TPSA) is 98.9 Å². The van der Waals surface area contributed by atoms with Crippen molar-refractivity contribution in [2.75, 3.05) is 11.1 Å². The highest BCUT2D eigenvalue weighted by atomic mass is 32.2. The van der Waals surface area contributed by atoms with Crippen LogP contribution in [-0.2, 0) is 18.9 Å². The van der Waals surface area contributed by atoms with E-state index in [1.165, 1.54) is 11.6 Å². The Morgan fingerprint density at radius 1 is 1.14 bits per heavy atom. The lowest BCUT2D eigenvalue weighted by Gasteiger charge is -2.13. The van der Waals surface area contributed by atoms with Gasteiger partial charge in [0.05, 0.1) is 5.75 Å². The van der Waals surface area contributed by atoms with Gasteiger partial charge in [0.15, 0.2) is 5.65 Å².